The van der Waals surface area contributed by atoms with Crippen LogP contribution in [0.3, 0.4) is 0 Å². The summed E-state index contributed by atoms with van der Waals surface area (Å²) in [6.07, 6.45) is 0.201. The molecule has 4 amide bonds. The van der Waals surface area contributed by atoms with E-state index in [1.54, 1.807) is 27.7 Å². The van der Waals surface area contributed by atoms with Gasteiger partial charge in [-0.3, -0.25) is 19.2 Å². The van der Waals surface area contributed by atoms with Crippen molar-refractivity contribution >= 4 is 29.6 Å². The van der Waals surface area contributed by atoms with Crippen molar-refractivity contribution in [1.82, 2.24) is 16.0 Å². The largest absolute Gasteiger partial charge is 0.480 e. The molecule has 0 radical (unpaired) electrons. The number of carbonyl (C=O) groups excluding carboxylic acids is 4. The van der Waals surface area contributed by atoms with Gasteiger partial charge in [-0.2, -0.15) is 0 Å². The number of carboxylic acid groups (broad SMARTS) is 1. The summed E-state index contributed by atoms with van der Waals surface area (Å²) in [7, 11) is 0. The topological polar surface area (TPSA) is 194 Å². The molecule has 4 unspecified atom stereocenters. The van der Waals surface area contributed by atoms with Gasteiger partial charge >= 0.3 is 5.97 Å². The van der Waals surface area contributed by atoms with Crippen LogP contribution >= 0.6 is 0 Å². The molecular weight excluding hydrogens is 382 g/mol. The summed E-state index contributed by atoms with van der Waals surface area (Å²) in [5, 5.41) is 16.7. The van der Waals surface area contributed by atoms with Crippen LogP contribution in [0, 0.1) is 11.8 Å². The van der Waals surface area contributed by atoms with Crippen molar-refractivity contribution in [3.8, 4) is 0 Å². The third kappa shape index (κ3) is 9.37. The minimum Gasteiger partial charge on any atom is -0.480 e. The highest BCUT2D eigenvalue weighted by Crippen LogP contribution is 2.10. The Morgan fingerprint density at radius 3 is 1.93 bits per heavy atom. The van der Waals surface area contributed by atoms with Gasteiger partial charge in [-0.25, -0.2) is 4.79 Å². The maximum absolute atomic E-state index is 12.6. The van der Waals surface area contributed by atoms with Crippen LogP contribution in [0.1, 0.15) is 47.0 Å². The van der Waals surface area contributed by atoms with Gasteiger partial charge in [0, 0.05) is 6.42 Å². The van der Waals surface area contributed by atoms with Gasteiger partial charge in [-0.05, 0) is 18.3 Å². The van der Waals surface area contributed by atoms with E-state index in [0.29, 0.717) is 6.42 Å². The van der Waals surface area contributed by atoms with Crippen LogP contribution in [0.25, 0.3) is 0 Å². The Balaban J connectivity index is 5.45. The van der Waals surface area contributed by atoms with Gasteiger partial charge in [-0.15, -0.1) is 0 Å². The number of hydrogen-bond donors (Lipinski definition) is 6. The molecule has 0 bridgehead atoms. The summed E-state index contributed by atoms with van der Waals surface area (Å²) in [5.74, 6) is -4.48. The minimum absolute atomic E-state index is 0.116. The summed E-state index contributed by atoms with van der Waals surface area (Å²) in [4.78, 5) is 59.4. The Kier molecular flexibility index (Phi) is 11.5. The molecule has 0 rings (SSSR count). The Morgan fingerprint density at radius 2 is 1.52 bits per heavy atom. The molecule has 29 heavy (non-hydrogen) atoms. The summed E-state index contributed by atoms with van der Waals surface area (Å²) in [6.45, 7) is 6.54. The van der Waals surface area contributed by atoms with Gasteiger partial charge in [0.15, 0.2) is 0 Å². The molecule has 166 valence electrons. The maximum Gasteiger partial charge on any atom is 0.326 e. The maximum atomic E-state index is 12.6. The Labute approximate surface area is 170 Å². The molecular formula is C18H33N5O6. The van der Waals surface area contributed by atoms with Gasteiger partial charge in [0.1, 0.15) is 18.1 Å². The third-order valence-corrected chi connectivity index (χ3v) is 4.54. The van der Waals surface area contributed by atoms with Crippen molar-refractivity contribution in [1.29, 1.82) is 0 Å². The lowest BCUT2D eigenvalue weighted by molar-refractivity contribution is -0.144. The minimum atomic E-state index is -1.21. The zero-order valence-corrected chi connectivity index (χ0v) is 17.4. The van der Waals surface area contributed by atoms with Gasteiger partial charge < -0.3 is 32.5 Å². The monoisotopic (exact) mass is 415 g/mol. The molecule has 0 saturated carbocycles. The first kappa shape index (κ1) is 26.3. The number of primary amides is 1. The lowest BCUT2D eigenvalue weighted by atomic mass is 9.98. The average Bonchev–Trinajstić information content (AvgIpc) is 2.65. The number of nitrogens with two attached hydrogens (primary N) is 2. The Hall–Kier alpha value is -2.69. The van der Waals surface area contributed by atoms with Crippen LogP contribution in [0.5, 0.6) is 0 Å². The number of rotatable bonds is 13. The normalized spacial score (nSPS) is 15.0. The fraction of sp³-hybridized carbons (Fsp3) is 0.722. The molecule has 11 heteroatoms. The van der Waals surface area contributed by atoms with E-state index in [9.17, 15) is 29.1 Å². The lowest BCUT2D eigenvalue weighted by Crippen LogP contribution is -2.58. The highest BCUT2D eigenvalue weighted by molar-refractivity contribution is 5.94. The number of carbonyl (C=O) groups is 5. The van der Waals surface area contributed by atoms with Crippen LogP contribution in [0.2, 0.25) is 0 Å². The quantitative estimate of drug-likeness (QED) is 0.209. The van der Waals surface area contributed by atoms with Crippen molar-refractivity contribution in [2.24, 2.45) is 23.3 Å². The molecule has 0 aliphatic carbocycles. The van der Waals surface area contributed by atoms with Crippen LogP contribution in [-0.4, -0.2) is 59.4 Å². The molecule has 0 aromatic heterocycles. The first-order chi connectivity index (χ1) is 13.4. The smallest absolute Gasteiger partial charge is 0.326 e. The zero-order chi connectivity index (χ0) is 22.7. The Morgan fingerprint density at radius 1 is 0.931 bits per heavy atom. The first-order valence-corrected chi connectivity index (χ1v) is 9.55. The molecule has 0 heterocycles. The summed E-state index contributed by atoms with van der Waals surface area (Å²) in [5.41, 5.74) is 10.4. The molecule has 0 aliphatic rings. The molecule has 4 atom stereocenters. The van der Waals surface area contributed by atoms with E-state index in [1.807, 2.05) is 0 Å². The van der Waals surface area contributed by atoms with Crippen molar-refractivity contribution in [3.05, 3.63) is 0 Å². The predicted molar refractivity (Wildman–Crippen MR) is 105 cm³/mol. The Bertz CT molecular complexity index is 610. The number of nitrogens with one attached hydrogen (secondary N) is 3. The van der Waals surface area contributed by atoms with Gasteiger partial charge in [0.05, 0.1) is 6.54 Å². The lowest BCUT2D eigenvalue weighted by Gasteiger charge is -2.27. The standard InChI is InChI=1S/C18H33N5O6/c1-5-10(4)15(18(28)29)23-16(26)11(6-7-12(20)24)21-17(27)14(9(2)3)22-13(25)8-19/h9-11,14-15H,5-8,19H2,1-4H3,(H2,20,24)(H,21,27)(H,22,25)(H,23,26)(H,28,29). The van der Waals surface area contributed by atoms with Gasteiger partial charge in [0.25, 0.3) is 0 Å². The van der Waals surface area contributed by atoms with E-state index in [4.69, 9.17) is 11.5 Å². The molecule has 8 N–H and O–H groups in total. The predicted octanol–water partition coefficient (Wildman–Crippen LogP) is -1.55. The second-order valence-corrected chi connectivity index (χ2v) is 7.27. The molecule has 0 aromatic carbocycles. The third-order valence-electron chi connectivity index (χ3n) is 4.54. The van der Waals surface area contributed by atoms with Crippen molar-refractivity contribution in [2.45, 2.75) is 65.1 Å². The number of amides is 4. The fourth-order valence-corrected chi connectivity index (χ4v) is 2.52. The van der Waals surface area contributed by atoms with Crippen molar-refractivity contribution in [3.63, 3.8) is 0 Å². The van der Waals surface area contributed by atoms with Gasteiger partial charge in [0.2, 0.25) is 23.6 Å². The second kappa shape index (κ2) is 12.7. The molecule has 0 spiro atoms. The molecule has 0 saturated heterocycles. The van der Waals surface area contributed by atoms with Crippen LogP contribution in [-0.2, 0) is 24.0 Å². The van der Waals surface area contributed by atoms with E-state index in [2.05, 4.69) is 16.0 Å². The first-order valence-electron chi connectivity index (χ1n) is 9.55. The van der Waals surface area contributed by atoms with Crippen molar-refractivity contribution < 1.29 is 29.1 Å². The number of carboxylic acids is 1. The molecule has 11 nitrogen and oxygen atoms in total. The summed E-state index contributed by atoms with van der Waals surface area (Å²) >= 11 is 0. The van der Waals surface area contributed by atoms with E-state index < -0.39 is 47.7 Å². The van der Waals surface area contributed by atoms with Gasteiger partial charge in [-0.1, -0.05) is 34.1 Å². The number of aliphatic carboxylic acids is 1. The molecule has 0 aromatic rings. The van der Waals surface area contributed by atoms with E-state index in [1.165, 1.54) is 0 Å². The van der Waals surface area contributed by atoms with Crippen LogP contribution in [0.15, 0.2) is 0 Å². The van der Waals surface area contributed by atoms with Crippen LogP contribution in [0.4, 0.5) is 0 Å². The molecule has 0 fully saturated rings. The SMILES string of the molecule is CCC(C)C(NC(=O)C(CCC(N)=O)NC(=O)C(NC(=O)CN)C(C)C)C(=O)O. The van der Waals surface area contributed by atoms with E-state index >= 15 is 0 Å². The summed E-state index contributed by atoms with van der Waals surface area (Å²) in [6, 6.07) is -3.31. The van der Waals surface area contributed by atoms with Crippen LogP contribution < -0.4 is 27.4 Å². The fourth-order valence-electron chi connectivity index (χ4n) is 2.52. The zero-order valence-electron chi connectivity index (χ0n) is 17.4. The highest BCUT2D eigenvalue weighted by Gasteiger charge is 2.32. The number of hydrogen-bond acceptors (Lipinski definition) is 6. The summed E-state index contributed by atoms with van der Waals surface area (Å²) < 4.78 is 0. The van der Waals surface area contributed by atoms with E-state index in [-0.39, 0.29) is 31.2 Å². The molecule has 0 aliphatic heterocycles. The highest BCUT2D eigenvalue weighted by atomic mass is 16.4. The van der Waals surface area contributed by atoms with Crippen molar-refractivity contribution in [2.75, 3.05) is 6.54 Å². The average molecular weight is 415 g/mol. The van der Waals surface area contributed by atoms with E-state index in [0.717, 1.165) is 0 Å². The second-order valence-electron chi connectivity index (χ2n) is 7.27.